The average molecular weight is 128 g/mol. The lowest BCUT2D eigenvalue weighted by atomic mass is 9.99. The van der Waals surface area contributed by atoms with E-state index in [1.807, 2.05) is 0 Å². The summed E-state index contributed by atoms with van der Waals surface area (Å²) < 4.78 is 5.59. The highest BCUT2D eigenvalue weighted by atomic mass is 16.5. The molecular weight excluding hydrogens is 111 g/mol. The van der Waals surface area contributed by atoms with Crippen molar-refractivity contribution in [2.75, 3.05) is 0 Å². The molecule has 1 nitrogen and oxygen atoms in total. The van der Waals surface area contributed by atoms with E-state index in [0.29, 0.717) is 6.00 Å². The molecule has 0 saturated heterocycles. The molecule has 0 aliphatic heterocycles. The van der Waals surface area contributed by atoms with Gasteiger partial charge in [0.1, 0.15) is 7.85 Å². The van der Waals surface area contributed by atoms with E-state index in [9.17, 15) is 0 Å². The Morgan fingerprint density at radius 3 is 2.11 bits per heavy atom. The molecule has 0 aliphatic carbocycles. The highest BCUT2D eigenvalue weighted by molar-refractivity contribution is 6.10. The van der Waals surface area contributed by atoms with Crippen LogP contribution in [0.4, 0.5) is 0 Å². The van der Waals surface area contributed by atoms with Crippen LogP contribution in [0.5, 0.6) is 0 Å². The largest absolute Gasteiger partial charge is 0.382 e. The van der Waals surface area contributed by atoms with Crippen molar-refractivity contribution in [3.63, 3.8) is 0 Å². The van der Waals surface area contributed by atoms with Gasteiger partial charge in [0.2, 0.25) is 0 Å². The van der Waals surface area contributed by atoms with Crippen molar-refractivity contribution in [2.24, 2.45) is 0 Å². The molecule has 0 saturated carbocycles. The summed E-state index contributed by atoms with van der Waals surface area (Å²) in [6.07, 6.45) is 1.07. The van der Waals surface area contributed by atoms with E-state index in [0.717, 1.165) is 6.42 Å². The third kappa shape index (κ3) is 4.52. The van der Waals surface area contributed by atoms with Gasteiger partial charge in [0.25, 0.3) is 0 Å². The standard InChI is InChI=1S/C7H17BO/c1-5-7(3,4)9-6(2)8/h6H,5,8H2,1-4H3. The van der Waals surface area contributed by atoms with E-state index in [-0.39, 0.29) is 5.60 Å². The smallest absolute Gasteiger partial charge is 0.138 e. The third-order valence-corrected chi connectivity index (χ3v) is 1.41. The highest BCUT2D eigenvalue weighted by Crippen LogP contribution is 2.14. The molecule has 0 fully saturated rings. The first-order valence-electron chi connectivity index (χ1n) is 3.66. The maximum absolute atomic E-state index is 5.59. The first-order valence-corrected chi connectivity index (χ1v) is 3.66. The minimum Gasteiger partial charge on any atom is -0.382 e. The van der Waals surface area contributed by atoms with Gasteiger partial charge in [-0.2, -0.15) is 0 Å². The van der Waals surface area contributed by atoms with Gasteiger partial charge < -0.3 is 4.74 Å². The molecule has 0 aromatic heterocycles. The Balaban J connectivity index is 3.58. The first-order chi connectivity index (χ1) is 3.98. The van der Waals surface area contributed by atoms with Gasteiger partial charge in [-0.15, -0.1) is 0 Å². The Labute approximate surface area is 59.2 Å². The van der Waals surface area contributed by atoms with Crippen LogP contribution in [0.2, 0.25) is 0 Å². The van der Waals surface area contributed by atoms with Gasteiger partial charge in [0, 0.05) is 6.00 Å². The fraction of sp³-hybridized carbons (Fsp3) is 1.00. The zero-order chi connectivity index (χ0) is 7.49. The van der Waals surface area contributed by atoms with Crippen molar-refractivity contribution < 1.29 is 4.74 Å². The van der Waals surface area contributed by atoms with Gasteiger partial charge in [-0.25, -0.2) is 0 Å². The molecule has 0 rings (SSSR count). The van der Waals surface area contributed by atoms with Gasteiger partial charge in [-0.05, 0) is 27.2 Å². The molecule has 1 unspecified atom stereocenters. The van der Waals surface area contributed by atoms with E-state index in [2.05, 4.69) is 35.5 Å². The Bertz CT molecular complexity index is 79.0. The van der Waals surface area contributed by atoms with Gasteiger partial charge in [-0.3, -0.25) is 0 Å². The normalized spacial score (nSPS) is 15.6. The van der Waals surface area contributed by atoms with Crippen LogP contribution < -0.4 is 0 Å². The summed E-state index contributed by atoms with van der Waals surface area (Å²) in [6, 6.07) is 0.347. The van der Waals surface area contributed by atoms with Gasteiger partial charge >= 0.3 is 0 Å². The zero-order valence-electron chi connectivity index (χ0n) is 7.19. The molecule has 0 aromatic carbocycles. The number of hydrogen-bond donors (Lipinski definition) is 0. The summed E-state index contributed by atoms with van der Waals surface area (Å²) in [5.74, 6) is 0. The average Bonchev–Trinajstić information content (AvgIpc) is 1.63. The van der Waals surface area contributed by atoms with E-state index < -0.39 is 0 Å². The fourth-order valence-electron chi connectivity index (χ4n) is 0.721. The molecule has 0 amide bonds. The van der Waals surface area contributed by atoms with E-state index >= 15 is 0 Å². The Hall–Kier alpha value is 0.0249. The van der Waals surface area contributed by atoms with Crippen LogP contribution in [-0.4, -0.2) is 19.5 Å². The van der Waals surface area contributed by atoms with Crippen molar-refractivity contribution in [3.8, 4) is 0 Å². The maximum atomic E-state index is 5.59. The minimum absolute atomic E-state index is 0.0637. The molecule has 0 N–H and O–H groups in total. The molecule has 1 atom stereocenters. The molecule has 0 bridgehead atoms. The number of rotatable bonds is 3. The van der Waals surface area contributed by atoms with Crippen molar-refractivity contribution in [1.82, 2.24) is 0 Å². The van der Waals surface area contributed by atoms with Crippen LogP contribution in [0.15, 0.2) is 0 Å². The van der Waals surface area contributed by atoms with Crippen LogP contribution in [-0.2, 0) is 4.74 Å². The van der Waals surface area contributed by atoms with Crippen molar-refractivity contribution in [1.29, 1.82) is 0 Å². The second kappa shape index (κ2) is 3.26. The molecule has 54 valence electrons. The molecular formula is C7H17BO. The Kier molecular flexibility index (Phi) is 3.27. The van der Waals surface area contributed by atoms with Gasteiger partial charge in [0.15, 0.2) is 0 Å². The summed E-state index contributed by atoms with van der Waals surface area (Å²) in [7, 11) is 2.07. The van der Waals surface area contributed by atoms with Crippen LogP contribution in [0.3, 0.4) is 0 Å². The molecule has 0 spiro atoms. The fourth-order valence-corrected chi connectivity index (χ4v) is 0.721. The summed E-state index contributed by atoms with van der Waals surface area (Å²) in [6.45, 7) is 8.44. The number of hydrogen-bond acceptors (Lipinski definition) is 1. The molecule has 9 heavy (non-hydrogen) atoms. The Morgan fingerprint density at radius 2 is 2.00 bits per heavy atom. The van der Waals surface area contributed by atoms with Crippen LogP contribution in [0, 0.1) is 0 Å². The van der Waals surface area contributed by atoms with Crippen LogP contribution >= 0.6 is 0 Å². The molecule has 0 heterocycles. The predicted molar refractivity (Wildman–Crippen MR) is 43.5 cm³/mol. The quantitative estimate of drug-likeness (QED) is 0.518. The van der Waals surface area contributed by atoms with Gasteiger partial charge in [-0.1, -0.05) is 6.92 Å². The lowest BCUT2D eigenvalue weighted by molar-refractivity contribution is -0.0318. The maximum Gasteiger partial charge on any atom is 0.138 e. The summed E-state index contributed by atoms with van der Waals surface area (Å²) >= 11 is 0. The monoisotopic (exact) mass is 128 g/mol. The molecule has 0 radical (unpaired) electrons. The third-order valence-electron chi connectivity index (χ3n) is 1.41. The van der Waals surface area contributed by atoms with Crippen LogP contribution in [0.25, 0.3) is 0 Å². The van der Waals surface area contributed by atoms with E-state index in [1.54, 1.807) is 0 Å². The second-order valence-corrected chi connectivity index (χ2v) is 3.28. The van der Waals surface area contributed by atoms with E-state index in [4.69, 9.17) is 4.74 Å². The van der Waals surface area contributed by atoms with Gasteiger partial charge in [0.05, 0.1) is 5.60 Å². The molecule has 2 heteroatoms. The summed E-state index contributed by atoms with van der Waals surface area (Å²) in [5, 5.41) is 0. The Morgan fingerprint density at radius 1 is 1.56 bits per heavy atom. The minimum atomic E-state index is 0.0637. The summed E-state index contributed by atoms with van der Waals surface area (Å²) in [5.41, 5.74) is 0.0637. The lowest BCUT2D eigenvalue weighted by Gasteiger charge is -2.26. The predicted octanol–water partition coefficient (Wildman–Crippen LogP) is 1.17. The first kappa shape index (κ1) is 9.02. The summed E-state index contributed by atoms with van der Waals surface area (Å²) in [4.78, 5) is 0. The van der Waals surface area contributed by atoms with Crippen LogP contribution in [0.1, 0.15) is 34.1 Å². The van der Waals surface area contributed by atoms with E-state index in [1.165, 1.54) is 0 Å². The molecule has 0 aromatic rings. The SMILES string of the molecule is BC(C)OC(C)(C)CC. The topological polar surface area (TPSA) is 9.23 Å². The molecule has 0 aliphatic rings. The van der Waals surface area contributed by atoms with Crippen molar-refractivity contribution in [2.45, 2.75) is 45.7 Å². The number of ether oxygens (including phenoxy) is 1. The second-order valence-electron chi connectivity index (χ2n) is 3.28. The van der Waals surface area contributed by atoms with Crippen molar-refractivity contribution in [3.05, 3.63) is 0 Å². The highest BCUT2D eigenvalue weighted by Gasteiger charge is 2.15. The van der Waals surface area contributed by atoms with Crippen molar-refractivity contribution >= 4 is 7.85 Å². The zero-order valence-corrected chi connectivity index (χ0v) is 7.19. The lowest BCUT2D eigenvalue weighted by Crippen LogP contribution is -2.28.